The quantitative estimate of drug-likeness (QED) is 0.223. The van der Waals surface area contributed by atoms with Gasteiger partial charge in [-0.3, -0.25) is 4.99 Å². The highest BCUT2D eigenvalue weighted by molar-refractivity contribution is 14.0. The molecular weight excluding hydrogens is 487 g/mol. The second kappa shape index (κ2) is 11.4. The minimum atomic E-state index is -3.40. The molecule has 0 bridgehead atoms. The molecule has 7 nitrogen and oxygen atoms in total. The van der Waals surface area contributed by atoms with E-state index in [1.807, 2.05) is 11.9 Å². The van der Waals surface area contributed by atoms with Crippen LogP contribution in [0.1, 0.15) is 12.8 Å². The third-order valence-electron chi connectivity index (χ3n) is 4.06. The van der Waals surface area contributed by atoms with E-state index in [2.05, 4.69) is 10.3 Å². The van der Waals surface area contributed by atoms with Gasteiger partial charge < -0.3 is 15.0 Å². The summed E-state index contributed by atoms with van der Waals surface area (Å²) in [6.07, 6.45) is 2.59. The summed E-state index contributed by atoms with van der Waals surface area (Å²) in [7, 11) is 1.85. The average Bonchev–Trinajstić information content (AvgIpc) is 3.24. The maximum atomic E-state index is 12.4. The third-order valence-corrected chi connectivity index (χ3v) is 7.29. The number of halogens is 1. The summed E-state index contributed by atoms with van der Waals surface area (Å²) in [5.41, 5.74) is 0. The van der Waals surface area contributed by atoms with Crippen molar-refractivity contribution in [2.75, 3.05) is 54.0 Å². The van der Waals surface area contributed by atoms with Crippen LogP contribution < -0.4 is 5.32 Å². The first-order valence-corrected chi connectivity index (χ1v) is 10.8. The molecule has 2 rings (SSSR count). The molecule has 0 aromatic carbocycles. The molecule has 150 valence electrons. The Hall–Kier alpha value is -0.430. The number of hydrogen-bond acceptors (Lipinski definition) is 5. The number of nitrogens with one attached hydrogen (secondary N) is 1. The molecule has 0 radical (unpaired) electrons. The van der Waals surface area contributed by atoms with Gasteiger partial charge in [0.15, 0.2) is 5.96 Å². The minimum absolute atomic E-state index is 0. The van der Waals surface area contributed by atoms with Crippen molar-refractivity contribution in [3.8, 4) is 0 Å². The first-order chi connectivity index (χ1) is 11.9. The van der Waals surface area contributed by atoms with Gasteiger partial charge in [-0.1, -0.05) is 6.07 Å². The summed E-state index contributed by atoms with van der Waals surface area (Å²) in [6, 6.07) is 3.37. The summed E-state index contributed by atoms with van der Waals surface area (Å²) >= 11 is 1.23. The summed E-state index contributed by atoms with van der Waals surface area (Å²) in [6.45, 7) is 3.12. The van der Waals surface area contributed by atoms with Gasteiger partial charge in [0, 0.05) is 47.4 Å². The Balaban J connectivity index is 0.00000338. The fraction of sp³-hybridized carbons (Fsp3) is 0.688. The lowest BCUT2D eigenvalue weighted by Gasteiger charge is -2.23. The highest BCUT2D eigenvalue weighted by Gasteiger charge is 2.22. The van der Waals surface area contributed by atoms with Crippen LogP contribution in [-0.4, -0.2) is 77.6 Å². The van der Waals surface area contributed by atoms with Crippen LogP contribution in [0.3, 0.4) is 0 Å². The van der Waals surface area contributed by atoms with Gasteiger partial charge in [0.1, 0.15) is 4.21 Å². The molecule has 1 aromatic rings. The van der Waals surface area contributed by atoms with Crippen LogP contribution in [0.4, 0.5) is 0 Å². The van der Waals surface area contributed by atoms with Gasteiger partial charge in [0.05, 0.1) is 6.61 Å². The van der Waals surface area contributed by atoms with Crippen LogP contribution in [0.15, 0.2) is 26.7 Å². The molecule has 0 amide bonds. The number of sulfonamides is 1. The molecule has 0 atom stereocenters. The molecule has 10 heteroatoms. The van der Waals surface area contributed by atoms with E-state index >= 15 is 0 Å². The maximum Gasteiger partial charge on any atom is 0.252 e. The fourth-order valence-electron chi connectivity index (χ4n) is 2.24. The number of ether oxygens (including phenoxy) is 1. The monoisotopic (exact) mass is 516 g/mol. The first kappa shape index (κ1) is 23.6. The Labute approximate surface area is 177 Å². The zero-order valence-corrected chi connectivity index (χ0v) is 19.5. The predicted molar refractivity (Wildman–Crippen MR) is 117 cm³/mol. The van der Waals surface area contributed by atoms with E-state index in [0.29, 0.717) is 23.9 Å². The van der Waals surface area contributed by atoms with Crippen LogP contribution in [0, 0.1) is 5.92 Å². The number of guanidine groups is 1. The fourth-order valence-corrected chi connectivity index (χ4v) is 4.61. The molecule has 1 saturated carbocycles. The van der Waals surface area contributed by atoms with Crippen molar-refractivity contribution in [3.05, 3.63) is 17.5 Å². The highest BCUT2D eigenvalue weighted by Crippen LogP contribution is 2.28. The molecule has 0 spiro atoms. The van der Waals surface area contributed by atoms with Crippen molar-refractivity contribution in [1.82, 2.24) is 14.5 Å². The summed E-state index contributed by atoms with van der Waals surface area (Å²) in [5.74, 6) is 1.50. The van der Waals surface area contributed by atoms with Crippen molar-refractivity contribution in [3.63, 3.8) is 0 Å². The van der Waals surface area contributed by atoms with Gasteiger partial charge in [0.25, 0.3) is 10.0 Å². The number of nitrogens with zero attached hydrogens (tertiary/aromatic N) is 3. The second-order valence-corrected chi connectivity index (χ2v) is 9.39. The standard InChI is InChI=1S/C16H28N4O3S2.HI/c1-17-16(19(2)10-11-23-13-14-6-7-14)18-8-9-20(3)25(21,22)15-5-4-12-24-15;/h4-5,12,14H,6-11,13H2,1-3H3,(H,17,18);1H. The van der Waals surface area contributed by atoms with E-state index in [1.165, 1.54) is 28.5 Å². The van der Waals surface area contributed by atoms with Gasteiger partial charge >= 0.3 is 0 Å². The molecule has 0 saturated heterocycles. The molecule has 0 unspecified atom stereocenters. The Kier molecular flexibility index (Phi) is 10.4. The maximum absolute atomic E-state index is 12.4. The molecule has 1 aliphatic carbocycles. The molecule has 1 aromatic heterocycles. The van der Waals surface area contributed by atoms with E-state index in [1.54, 1.807) is 31.6 Å². The van der Waals surface area contributed by atoms with Crippen molar-refractivity contribution in [2.24, 2.45) is 10.9 Å². The molecule has 1 fully saturated rings. The Morgan fingerprint density at radius 1 is 1.38 bits per heavy atom. The second-order valence-electron chi connectivity index (χ2n) is 6.17. The predicted octanol–water partition coefficient (Wildman–Crippen LogP) is 1.92. The molecule has 1 aliphatic rings. The lowest BCUT2D eigenvalue weighted by Crippen LogP contribution is -2.43. The van der Waals surface area contributed by atoms with Crippen molar-refractivity contribution in [2.45, 2.75) is 17.1 Å². The van der Waals surface area contributed by atoms with Crippen molar-refractivity contribution >= 4 is 51.3 Å². The molecule has 1 N–H and O–H groups in total. The average molecular weight is 516 g/mol. The Morgan fingerprint density at radius 2 is 2.12 bits per heavy atom. The van der Waals surface area contributed by atoms with Gasteiger partial charge in [-0.2, -0.15) is 4.31 Å². The summed E-state index contributed by atoms with van der Waals surface area (Å²) in [4.78, 5) is 6.22. The van der Waals surface area contributed by atoms with E-state index in [0.717, 1.165) is 25.0 Å². The summed E-state index contributed by atoms with van der Waals surface area (Å²) < 4.78 is 32.1. The van der Waals surface area contributed by atoms with Crippen molar-refractivity contribution in [1.29, 1.82) is 0 Å². The number of rotatable bonds is 10. The van der Waals surface area contributed by atoms with Crippen LogP contribution in [0.25, 0.3) is 0 Å². The number of hydrogen-bond donors (Lipinski definition) is 1. The van der Waals surface area contributed by atoms with Crippen LogP contribution in [0.2, 0.25) is 0 Å². The van der Waals surface area contributed by atoms with E-state index in [4.69, 9.17) is 4.74 Å². The van der Waals surface area contributed by atoms with Crippen molar-refractivity contribution < 1.29 is 13.2 Å². The van der Waals surface area contributed by atoms with Gasteiger partial charge in [-0.15, -0.1) is 35.3 Å². The summed E-state index contributed by atoms with van der Waals surface area (Å²) in [5, 5.41) is 4.96. The van der Waals surface area contributed by atoms with E-state index < -0.39 is 10.0 Å². The first-order valence-electron chi connectivity index (χ1n) is 8.44. The topological polar surface area (TPSA) is 74.2 Å². The zero-order valence-electron chi connectivity index (χ0n) is 15.6. The van der Waals surface area contributed by atoms with E-state index in [9.17, 15) is 8.42 Å². The smallest absolute Gasteiger partial charge is 0.252 e. The molecule has 0 aliphatic heterocycles. The minimum Gasteiger partial charge on any atom is -0.379 e. The number of thiophene rings is 1. The number of likely N-dealkylation sites (N-methyl/N-ethyl adjacent to an activating group) is 2. The largest absolute Gasteiger partial charge is 0.379 e. The van der Waals surface area contributed by atoms with Gasteiger partial charge in [0.2, 0.25) is 0 Å². The van der Waals surface area contributed by atoms with Crippen LogP contribution >= 0.6 is 35.3 Å². The third kappa shape index (κ3) is 7.29. The van der Waals surface area contributed by atoms with Gasteiger partial charge in [-0.25, -0.2) is 8.42 Å². The molecule has 26 heavy (non-hydrogen) atoms. The lowest BCUT2D eigenvalue weighted by molar-refractivity contribution is 0.115. The van der Waals surface area contributed by atoms with Gasteiger partial charge in [-0.05, 0) is 30.2 Å². The Bertz CT molecular complexity index is 648. The Morgan fingerprint density at radius 3 is 2.69 bits per heavy atom. The molecule has 1 heterocycles. The molecular formula is C16H29IN4O3S2. The normalized spacial score (nSPS) is 15.0. The van der Waals surface area contributed by atoms with Crippen LogP contribution in [0.5, 0.6) is 0 Å². The number of aliphatic imine (C=N–C) groups is 1. The zero-order chi connectivity index (χ0) is 18.3. The van der Waals surface area contributed by atoms with Crippen LogP contribution in [-0.2, 0) is 14.8 Å². The van der Waals surface area contributed by atoms with E-state index in [-0.39, 0.29) is 24.0 Å². The lowest BCUT2D eigenvalue weighted by atomic mass is 10.5. The SMILES string of the molecule is CN=C(NCCN(C)S(=O)(=O)c1cccs1)N(C)CCOCC1CC1.I. The highest BCUT2D eigenvalue weighted by atomic mass is 127.